The van der Waals surface area contributed by atoms with Gasteiger partial charge in [-0.05, 0) is 24.1 Å². The van der Waals surface area contributed by atoms with Crippen LogP contribution in [-0.4, -0.2) is 17.7 Å². The minimum atomic E-state index is -1.06. The molecule has 1 rings (SSSR count). The van der Waals surface area contributed by atoms with Gasteiger partial charge in [-0.2, -0.15) is 5.26 Å². The maximum atomic E-state index is 10.2. The van der Waals surface area contributed by atoms with Crippen LogP contribution in [0.1, 0.15) is 11.1 Å². The lowest BCUT2D eigenvalue weighted by molar-refractivity contribution is 0.194. The minimum Gasteiger partial charge on any atom is -0.465 e. The third-order valence-corrected chi connectivity index (χ3v) is 2.20. The van der Waals surface area contributed by atoms with Crippen LogP contribution in [-0.2, 0) is 6.42 Å². The number of nitrogens with one attached hydrogen (secondary N) is 1. The summed E-state index contributed by atoms with van der Waals surface area (Å²) >= 11 is 5.90. The number of nitriles is 1. The summed E-state index contributed by atoms with van der Waals surface area (Å²) in [7, 11) is 0. The van der Waals surface area contributed by atoms with Gasteiger partial charge in [0, 0.05) is 11.6 Å². The molecule has 0 aliphatic rings. The monoisotopic (exact) mass is 224 g/mol. The third-order valence-electron chi connectivity index (χ3n) is 1.85. The molecule has 0 aliphatic heterocycles. The lowest BCUT2D eigenvalue weighted by Crippen LogP contribution is -2.23. The molecule has 0 unspecified atom stereocenters. The Morgan fingerprint density at radius 2 is 2.33 bits per heavy atom. The Hall–Kier alpha value is -1.73. The van der Waals surface area contributed by atoms with Crippen molar-refractivity contribution in [2.75, 3.05) is 6.54 Å². The van der Waals surface area contributed by atoms with E-state index in [4.69, 9.17) is 22.0 Å². The van der Waals surface area contributed by atoms with Crippen molar-refractivity contribution in [3.05, 3.63) is 34.3 Å². The first-order chi connectivity index (χ1) is 7.13. The average Bonchev–Trinajstić information content (AvgIpc) is 2.20. The second kappa shape index (κ2) is 5.23. The molecule has 0 bridgehead atoms. The second-order valence-corrected chi connectivity index (χ2v) is 3.31. The first-order valence-electron chi connectivity index (χ1n) is 4.29. The molecule has 0 saturated carbocycles. The fourth-order valence-electron chi connectivity index (χ4n) is 1.12. The number of carbonyl (C=O) groups is 1. The van der Waals surface area contributed by atoms with E-state index in [-0.39, 0.29) is 0 Å². The normalized spacial score (nSPS) is 9.33. The highest BCUT2D eigenvalue weighted by molar-refractivity contribution is 6.31. The molecule has 0 spiro atoms. The number of nitrogens with zero attached hydrogens (tertiary/aromatic N) is 1. The predicted molar refractivity (Wildman–Crippen MR) is 55.9 cm³/mol. The van der Waals surface area contributed by atoms with E-state index in [1.165, 1.54) is 0 Å². The first kappa shape index (κ1) is 11.3. The van der Waals surface area contributed by atoms with Gasteiger partial charge in [0.25, 0.3) is 0 Å². The van der Waals surface area contributed by atoms with Crippen molar-refractivity contribution < 1.29 is 9.90 Å². The van der Waals surface area contributed by atoms with Gasteiger partial charge in [-0.3, -0.25) is 0 Å². The standard InChI is InChI=1S/C10H9ClN2O2/c11-9-5-7(6-12)1-2-8(9)3-4-13-10(14)15/h1-2,5,13H,3-4H2,(H,14,15). The molecule has 0 aliphatic carbocycles. The molecule has 1 amide bonds. The van der Waals surface area contributed by atoms with E-state index in [0.29, 0.717) is 23.6 Å². The van der Waals surface area contributed by atoms with E-state index < -0.39 is 6.09 Å². The van der Waals surface area contributed by atoms with Gasteiger partial charge in [0.2, 0.25) is 0 Å². The fourth-order valence-corrected chi connectivity index (χ4v) is 1.40. The van der Waals surface area contributed by atoms with Crippen LogP contribution in [0.4, 0.5) is 4.79 Å². The second-order valence-electron chi connectivity index (χ2n) is 2.90. The van der Waals surface area contributed by atoms with Gasteiger partial charge in [-0.15, -0.1) is 0 Å². The summed E-state index contributed by atoms with van der Waals surface area (Å²) in [6.45, 7) is 0.307. The van der Waals surface area contributed by atoms with Crippen LogP contribution in [0.5, 0.6) is 0 Å². The SMILES string of the molecule is N#Cc1ccc(CCNC(=O)O)c(Cl)c1. The highest BCUT2D eigenvalue weighted by atomic mass is 35.5. The summed E-state index contributed by atoms with van der Waals surface area (Å²) in [6.07, 6.45) is -0.545. The molecule has 2 N–H and O–H groups in total. The van der Waals surface area contributed by atoms with Crippen LogP contribution in [0, 0.1) is 11.3 Å². The van der Waals surface area contributed by atoms with Gasteiger partial charge in [0.1, 0.15) is 0 Å². The maximum Gasteiger partial charge on any atom is 0.404 e. The highest BCUT2D eigenvalue weighted by Crippen LogP contribution is 2.17. The number of carboxylic acid groups (broad SMARTS) is 1. The maximum absolute atomic E-state index is 10.2. The van der Waals surface area contributed by atoms with Gasteiger partial charge in [-0.25, -0.2) is 4.79 Å². The number of halogens is 1. The van der Waals surface area contributed by atoms with Crippen molar-refractivity contribution in [3.63, 3.8) is 0 Å². The Morgan fingerprint density at radius 1 is 1.60 bits per heavy atom. The summed E-state index contributed by atoms with van der Waals surface area (Å²) in [5.41, 5.74) is 1.32. The van der Waals surface area contributed by atoms with Gasteiger partial charge in [0.05, 0.1) is 11.6 Å². The Bertz CT molecular complexity index is 412. The number of benzene rings is 1. The summed E-state index contributed by atoms with van der Waals surface area (Å²) in [5, 5.41) is 19.7. The fraction of sp³-hybridized carbons (Fsp3) is 0.200. The lowest BCUT2D eigenvalue weighted by atomic mass is 10.1. The minimum absolute atomic E-state index is 0.307. The lowest BCUT2D eigenvalue weighted by Gasteiger charge is -2.04. The molecule has 1 aromatic rings. The largest absolute Gasteiger partial charge is 0.465 e. The summed E-state index contributed by atoms with van der Waals surface area (Å²) in [6, 6.07) is 6.92. The van der Waals surface area contributed by atoms with Gasteiger partial charge in [-0.1, -0.05) is 17.7 Å². The van der Waals surface area contributed by atoms with Crippen LogP contribution in [0.3, 0.4) is 0 Å². The number of rotatable bonds is 3. The van der Waals surface area contributed by atoms with Crippen LogP contribution in [0.15, 0.2) is 18.2 Å². The van der Waals surface area contributed by atoms with E-state index >= 15 is 0 Å². The predicted octanol–water partition coefficient (Wildman–Crippen LogP) is 2.02. The molecule has 0 saturated heterocycles. The van der Waals surface area contributed by atoms with Crippen molar-refractivity contribution in [1.82, 2.24) is 5.32 Å². The van der Waals surface area contributed by atoms with Crippen molar-refractivity contribution in [1.29, 1.82) is 5.26 Å². The Morgan fingerprint density at radius 3 is 2.87 bits per heavy atom. The molecule has 15 heavy (non-hydrogen) atoms. The zero-order chi connectivity index (χ0) is 11.3. The molecule has 5 heteroatoms. The Balaban J connectivity index is 2.63. The van der Waals surface area contributed by atoms with Gasteiger partial charge >= 0.3 is 6.09 Å². The molecule has 0 aromatic heterocycles. The van der Waals surface area contributed by atoms with E-state index in [9.17, 15) is 4.79 Å². The topological polar surface area (TPSA) is 73.1 Å². The van der Waals surface area contributed by atoms with Crippen molar-refractivity contribution in [3.8, 4) is 6.07 Å². The van der Waals surface area contributed by atoms with Crippen molar-refractivity contribution in [2.24, 2.45) is 0 Å². The van der Waals surface area contributed by atoms with Gasteiger partial charge < -0.3 is 10.4 Å². The van der Waals surface area contributed by atoms with E-state index in [1.54, 1.807) is 18.2 Å². The molecule has 0 radical (unpaired) electrons. The Labute approximate surface area is 92.1 Å². The zero-order valence-electron chi connectivity index (χ0n) is 7.83. The molecule has 0 fully saturated rings. The summed E-state index contributed by atoms with van der Waals surface area (Å²) < 4.78 is 0. The molecule has 1 aromatic carbocycles. The molecule has 78 valence electrons. The van der Waals surface area contributed by atoms with Crippen LogP contribution < -0.4 is 5.32 Å². The first-order valence-corrected chi connectivity index (χ1v) is 4.66. The molecular weight excluding hydrogens is 216 g/mol. The molecular formula is C10H9ClN2O2. The average molecular weight is 225 g/mol. The van der Waals surface area contributed by atoms with E-state index in [2.05, 4.69) is 5.32 Å². The van der Waals surface area contributed by atoms with Gasteiger partial charge in [0.15, 0.2) is 0 Å². The van der Waals surface area contributed by atoms with E-state index in [1.807, 2.05) is 6.07 Å². The highest BCUT2D eigenvalue weighted by Gasteiger charge is 2.02. The summed E-state index contributed by atoms with van der Waals surface area (Å²) in [5.74, 6) is 0. The Kier molecular flexibility index (Phi) is 3.95. The van der Waals surface area contributed by atoms with Crippen LogP contribution in [0.2, 0.25) is 5.02 Å². The smallest absolute Gasteiger partial charge is 0.404 e. The number of amides is 1. The summed E-state index contributed by atoms with van der Waals surface area (Å²) in [4.78, 5) is 10.2. The molecule has 0 heterocycles. The van der Waals surface area contributed by atoms with Crippen molar-refractivity contribution in [2.45, 2.75) is 6.42 Å². The number of hydrogen-bond acceptors (Lipinski definition) is 2. The van der Waals surface area contributed by atoms with Crippen LogP contribution in [0.25, 0.3) is 0 Å². The molecule has 4 nitrogen and oxygen atoms in total. The zero-order valence-corrected chi connectivity index (χ0v) is 8.58. The third kappa shape index (κ3) is 3.49. The number of hydrogen-bond donors (Lipinski definition) is 2. The quantitative estimate of drug-likeness (QED) is 0.825. The van der Waals surface area contributed by atoms with Crippen molar-refractivity contribution >= 4 is 17.7 Å². The van der Waals surface area contributed by atoms with Crippen LogP contribution >= 0.6 is 11.6 Å². The molecule has 0 atom stereocenters. The van der Waals surface area contributed by atoms with E-state index in [0.717, 1.165) is 5.56 Å².